The van der Waals surface area contributed by atoms with Crippen molar-refractivity contribution in [3.63, 3.8) is 0 Å². The second-order valence-corrected chi connectivity index (χ2v) is 8.83. The van der Waals surface area contributed by atoms with Gasteiger partial charge in [-0.2, -0.15) is 0 Å². The molecule has 32 heavy (non-hydrogen) atoms. The number of rotatable bonds is 4. The molecule has 0 radical (unpaired) electrons. The summed E-state index contributed by atoms with van der Waals surface area (Å²) < 4.78 is 18.9. The van der Waals surface area contributed by atoms with Crippen molar-refractivity contribution in [3.8, 4) is 11.5 Å². The van der Waals surface area contributed by atoms with E-state index in [9.17, 15) is 9.59 Å². The number of thiazole rings is 1. The van der Waals surface area contributed by atoms with Gasteiger partial charge in [0.2, 0.25) is 5.72 Å². The van der Waals surface area contributed by atoms with Gasteiger partial charge in [0.05, 0.1) is 24.3 Å². The molecular formula is C24H22N2O5S. The first-order valence-corrected chi connectivity index (χ1v) is 11.2. The lowest BCUT2D eigenvalue weighted by atomic mass is 9.81. The minimum absolute atomic E-state index is 0.192. The van der Waals surface area contributed by atoms with Gasteiger partial charge >= 0.3 is 5.97 Å². The van der Waals surface area contributed by atoms with Gasteiger partial charge in [0.15, 0.2) is 4.80 Å². The number of aromatic nitrogens is 1. The number of methoxy groups -OCH3 is 1. The van der Waals surface area contributed by atoms with E-state index in [0.717, 1.165) is 16.9 Å². The second kappa shape index (κ2) is 7.63. The van der Waals surface area contributed by atoms with Crippen LogP contribution in [0.4, 0.5) is 0 Å². The normalized spacial score (nSPS) is 23.4. The SMILES string of the molecule is CCOC(=O)C1C2c3ccccc3O[C@]1(C)N=c1sc(=Cc3ccc(OC)cc3)c(=O)n12. The molecule has 2 aliphatic heterocycles. The summed E-state index contributed by atoms with van der Waals surface area (Å²) in [5.74, 6) is 0.162. The average Bonchev–Trinajstić information content (AvgIpc) is 3.07. The fraction of sp³-hybridized carbons (Fsp3) is 0.292. The highest BCUT2D eigenvalue weighted by molar-refractivity contribution is 7.07. The van der Waals surface area contributed by atoms with Crippen molar-refractivity contribution in [1.82, 2.24) is 4.57 Å². The molecule has 0 N–H and O–H groups in total. The Kier molecular flexibility index (Phi) is 4.89. The van der Waals surface area contributed by atoms with Gasteiger partial charge in [-0.1, -0.05) is 41.7 Å². The minimum atomic E-state index is -1.17. The Hall–Kier alpha value is -3.39. The Morgan fingerprint density at radius 1 is 1.25 bits per heavy atom. The van der Waals surface area contributed by atoms with E-state index in [1.54, 1.807) is 25.5 Å². The monoisotopic (exact) mass is 450 g/mol. The van der Waals surface area contributed by atoms with Crippen LogP contribution in [0.1, 0.15) is 31.0 Å². The lowest BCUT2D eigenvalue weighted by molar-refractivity contribution is -0.160. The van der Waals surface area contributed by atoms with E-state index >= 15 is 0 Å². The second-order valence-electron chi connectivity index (χ2n) is 7.82. The van der Waals surface area contributed by atoms with Gasteiger partial charge in [0, 0.05) is 5.56 Å². The molecule has 164 valence electrons. The predicted octanol–water partition coefficient (Wildman–Crippen LogP) is 2.26. The van der Waals surface area contributed by atoms with Crippen molar-refractivity contribution in [2.45, 2.75) is 25.6 Å². The van der Waals surface area contributed by atoms with Crippen molar-refractivity contribution in [1.29, 1.82) is 0 Å². The summed E-state index contributed by atoms with van der Waals surface area (Å²) in [6.07, 6.45) is 1.83. The highest BCUT2D eigenvalue weighted by Crippen LogP contribution is 2.47. The zero-order chi connectivity index (χ0) is 22.5. The molecule has 8 heteroatoms. The molecule has 2 unspecified atom stereocenters. The Bertz CT molecular complexity index is 1370. The highest BCUT2D eigenvalue weighted by atomic mass is 32.1. The Labute approximate surface area is 188 Å². The molecule has 7 nitrogen and oxygen atoms in total. The van der Waals surface area contributed by atoms with Crippen LogP contribution in [-0.4, -0.2) is 30.0 Å². The maximum atomic E-state index is 13.5. The first-order valence-electron chi connectivity index (χ1n) is 10.4. The van der Waals surface area contributed by atoms with Crippen molar-refractivity contribution < 1.29 is 19.0 Å². The molecule has 0 amide bonds. The fourth-order valence-corrected chi connectivity index (χ4v) is 5.49. The highest BCUT2D eigenvalue weighted by Gasteiger charge is 2.55. The third-order valence-electron chi connectivity index (χ3n) is 5.83. The van der Waals surface area contributed by atoms with Gasteiger partial charge in [-0.25, -0.2) is 4.99 Å². The standard InChI is InChI=1S/C24H22N2O5S/c1-4-30-22(28)19-20-16-7-5-6-8-17(16)31-24(19,2)25-23-26(20)21(27)18(32-23)13-14-9-11-15(29-3)12-10-14/h5-13,19-20H,4H2,1-3H3/t19?,20?,24-/m0/s1. The number of hydrogen-bond donors (Lipinski definition) is 0. The van der Waals surface area contributed by atoms with Gasteiger partial charge in [0.1, 0.15) is 17.4 Å². The van der Waals surface area contributed by atoms with Crippen LogP contribution in [0.3, 0.4) is 0 Å². The van der Waals surface area contributed by atoms with Crippen molar-refractivity contribution in [2.24, 2.45) is 10.9 Å². The van der Waals surface area contributed by atoms with Crippen LogP contribution < -0.4 is 24.4 Å². The molecule has 5 rings (SSSR count). The van der Waals surface area contributed by atoms with Crippen LogP contribution in [0.5, 0.6) is 11.5 Å². The number of esters is 1. The number of benzene rings is 2. The van der Waals surface area contributed by atoms with E-state index in [1.807, 2.05) is 54.6 Å². The molecule has 0 aliphatic carbocycles. The fourth-order valence-electron chi connectivity index (χ4n) is 4.39. The van der Waals surface area contributed by atoms with E-state index in [2.05, 4.69) is 0 Å². The molecule has 0 saturated carbocycles. The summed E-state index contributed by atoms with van der Waals surface area (Å²) in [5, 5.41) is 0. The maximum absolute atomic E-state index is 13.5. The maximum Gasteiger partial charge on any atom is 0.317 e. The van der Waals surface area contributed by atoms with E-state index in [1.165, 1.54) is 11.3 Å². The number of carbonyl (C=O) groups is 1. The molecule has 3 heterocycles. The number of nitrogens with zero attached hydrogens (tertiary/aromatic N) is 2. The van der Waals surface area contributed by atoms with Gasteiger partial charge in [-0.15, -0.1) is 0 Å². The Balaban J connectivity index is 1.73. The van der Waals surface area contributed by atoms with Crippen molar-refractivity contribution >= 4 is 23.4 Å². The molecule has 3 atom stereocenters. The van der Waals surface area contributed by atoms with E-state index in [0.29, 0.717) is 15.1 Å². The molecule has 0 spiro atoms. The molecular weight excluding hydrogens is 428 g/mol. The van der Waals surface area contributed by atoms with Gasteiger partial charge < -0.3 is 14.2 Å². The average molecular weight is 451 g/mol. The number of fused-ring (bicyclic) bond motifs is 6. The van der Waals surface area contributed by atoms with Crippen LogP contribution in [0, 0.1) is 5.92 Å². The smallest absolute Gasteiger partial charge is 0.317 e. The summed E-state index contributed by atoms with van der Waals surface area (Å²) in [6.45, 7) is 3.77. The Morgan fingerprint density at radius 3 is 2.72 bits per heavy atom. The van der Waals surface area contributed by atoms with Gasteiger partial charge in [-0.3, -0.25) is 14.2 Å². The zero-order valence-electron chi connectivity index (χ0n) is 17.9. The summed E-state index contributed by atoms with van der Waals surface area (Å²) in [5.41, 5.74) is 0.285. The van der Waals surface area contributed by atoms with Crippen LogP contribution in [0.2, 0.25) is 0 Å². The molecule has 2 aliphatic rings. The summed E-state index contributed by atoms with van der Waals surface area (Å²) in [7, 11) is 1.61. The number of hydrogen-bond acceptors (Lipinski definition) is 7. The lowest BCUT2D eigenvalue weighted by Crippen LogP contribution is -2.58. The molecule has 0 saturated heterocycles. The first-order chi connectivity index (χ1) is 15.4. The van der Waals surface area contributed by atoms with E-state index in [4.69, 9.17) is 19.2 Å². The zero-order valence-corrected chi connectivity index (χ0v) is 18.7. The van der Waals surface area contributed by atoms with Crippen LogP contribution in [-0.2, 0) is 9.53 Å². The van der Waals surface area contributed by atoms with Gasteiger partial charge in [0.25, 0.3) is 5.56 Å². The third-order valence-corrected chi connectivity index (χ3v) is 6.82. The number of ether oxygens (including phenoxy) is 3. The molecule has 1 aromatic heterocycles. The third kappa shape index (κ3) is 3.14. The van der Waals surface area contributed by atoms with Crippen LogP contribution >= 0.6 is 11.3 Å². The molecule has 0 fully saturated rings. The number of para-hydroxylation sites is 1. The molecule has 2 aromatic carbocycles. The summed E-state index contributed by atoms with van der Waals surface area (Å²) in [6, 6.07) is 14.4. The first kappa shape index (κ1) is 20.5. The molecule has 3 aromatic rings. The van der Waals surface area contributed by atoms with Crippen LogP contribution in [0.25, 0.3) is 6.08 Å². The lowest BCUT2D eigenvalue weighted by Gasteiger charge is -2.44. The van der Waals surface area contributed by atoms with Gasteiger partial charge in [-0.05, 0) is 43.7 Å². The number of carbonyl (C=O) groups excluding carboxylic acids is 1. The van der Waals surface area contributed by atoms with E-state index in [-0.39, 0.29) is 12.2 Å². The Morgan fingerprint density at radius 2 is 2.00 bits per heavy atom. The minimum Gasteiger partial charge on any atom is -0.497 e. The molecule has 2 bridgehead atoms. The van der Waals surface area contributed by atoms with Crippen molar-refractivity contribution in [3.05, 3.63) is 79.3 Å². The quantitative estimate of drug-likeness (QED) is 0.570. The van der Waals surface area contributed by atoms with E-state index < -0.39 is 23.7 Å². The van der Waals surface area contributed by atoms with Crippen LogP contribution in [0.15, 0.2) is 58.3 Å². The summed E-state index contributed by atoms with van der Waals surface area (Å²) >= 11 is 1.29. The predicted molar refractivity (Wildman–Crippen MR) is 120 cm³/mol. The van der Waals surface area contributed by atoms with Crippen molar-refractivity contribution in [2.75, 3.05) is 13.7 Å². The topological polar surface area (TPSA) is 79.1 Å². The largest absolute Gasteiger partial charge is 0.497 e. The summed E-state index contributed by atoms with van der Waals surface area (Å²) in [4.78, 5) is 31.8.